The van der Waals surface area contributed by atoms with Gasteiger partial charge in [-0.1, -0.05) is 33.8 Å². The molecule has 9 nitrogen and oxygen atoms in total. The topological polar surface area (TPSA) is 131 Å². The van der Waals surface area contributed by atoms with Gasteiger partial charge in [0.15, 0.2) is 11.5 Å². The number of methoxy groups -OCH3 is 1. The first kappa shape index (κ1) is 33.1. The maximum absolute atomic E-state index is 12.9. The zero-order chi connectivity index (χ0) is 29.3. The molecule has 0 spiro atoms. The number of nitrogens with two attached hydrogens (primary N) is 1. The molecule has 0 saturated heterocycles. The second-order valence-corrected chi connectivity index (χ2v) is 11.1. The standard InChI is InChI=1S/C29H45NO8/c1-10-19(4)23(31)36-16-15-29(30,26(34)35-9)18-20-13-14-21(37-24(32)27(5,6)11-2)22(17-20)38-25(33)28(7,8)12-3/h13-14,17,19H,10-12,15-16,18,30H2,1-9H3/t19-,29?/m0/s1. The van der Waals surface area contributed by atoms with Gasteiger partial charge in [-0.25, -0.2) is 0 Å². The smallest absolute Gasteiger partial charge is 0.326 e. The lowest BCUT2D eigenvalue weighted by Gasteiger charge is -2.27. The van der Waals surface area contributed by atoms with Gasteiger partial charge < -0.3 is 24.7 Å². The lowest BCUT2D eigenvalue weighted by atomic mass is 9.88. The first-order valence-corrected chi connectivity index (χ1v) is 13.2. The summed E-state index contributed by atoms with van der Waals surface area (Å²) in [6.07, 6.45) is 1.73. The molecule has 0 amide bonds. The van der Waals surface area contributed by atoms with Crippen molar-refractivity contribution in [2.24, 2.45) is 22.5 Å². The Balaban J connectivity index is 3.33. The number of hydrogen-bond acceptors (Lipinski definition) is 9. The molecule has 2 atom stereocenters. The summed E-state index contributed by atoms with van der Waals surface area (Å²) in [5.41, 5.74) is 3.96. The normalized spacial score (nSPS) is 14.2. The quantitative estimate of drug-likeness (QED) is 0.264. The zero-order valence-electron chi connectivity index (χ0n) is 24.4. The number of carbonyl (C=O) groups excluding carboxylic acids is 4. The molecule has 1 unspecified atom stereocenters. The van der Waals surface area contributed by atoms with Gasteiger partial charge in [0.25, 0.3) is 0 Å². The van der Waals surface area contributed by atoms with E-state index in [1.807, 2.05) is 20.8 Å². The Labute approximate surface area is 226 Å². The van der Waals surface area contributed by atoms with Crippen LogP contribution in [0.15, 0.2) is 18.2 Å². The van der Waals surface area contributed by atoms with Crippen LogP contribution in [0.5, 0.6) is 11.5 Å². The minimum absolute atomic E-state index is 0.00302. The highest BCUT2D eigenvalue weighted by atomic mass is 16.6. The van der Waals surface area contributed by atoms with Gasteiger partial charge in [-0.05, 0) is 64.7 Å². The van der Waals surface area contributed by atoms with Crippen molar-refractivity contribution in [2.45, 2.75) is 93.0 Å². The fourth-order valence-corrected chi connectivity index (χ4v) is 3.06. The van der Waals surface area contributed by atoms with Crippen molar-refractivity contribution in [3.63, 3.8) is 0 Å². The number of benzene rings is 1. The lowest BCUT2D eigenvalue weighted by molar-refractivity contribution is -0.153. The largest absolute Gasteiger partial charge is 0.468 e. The average molecular weight is 536 g/mol. The van der Waals surface area contributed by atoms with Gasteiger partial charge in [0.2, 0.25) is 0 Å². The molecule has 214 valence electrons. The molecule has 0 aliphatic carbocycles. The second-order valence-electron chi connectivity index (χ2n) is 11.1. The van der Waals surface area contributed by atoms with Crippen molar-refractivity contribution in [1.29, 1.82) is 0 Å². The number of carbonyl (C=O) groups is 4. The van der Waals surface area contributed by atoms with E-state index in [2.05, 4.69) is 0 Å². The second kappa shape index (κ2) is 13.7. The highest BCUT2D eigenvalue weighted by Gasteiger charge is 2.37. The summed E-state index contributed by atoms with van der Waals surface area (Å²) >= 11 is 0. The van der Waals surface area contributed by atoms with E-state index in [4.69, 9.17) is 24.7 Å². The van der Waals surface area contributed by atoms with E-state index in [0.29, 0.717) is 24.8 Å². The fourth-order valence-electron chi connectivity index (χ4n) is 3.06. The first-order valence-electron chi connectivity index (χ1n) is 13.2. The number of rotatable bonds is 14. The van der Waals surface area contributed by atoms with Gasteiger partial charge in [0.1, 0.15) is 5.54 Å². The van der Waals surface area contributed by atoms with Crippen molar-refractivity contribution < 1.29 is 38.1 Å². The van der Waals surface area contributed by atoms with Gasteiger partial charge in [0.05, 0.1) is 30.5 Å². The molecule has 0 aliphatic rings. The SMILES string of the molecule is CC[C@H](C)C(=O)OCCC(N)(Cc1ccc(OC(=O)C(C)(C)CC)c(OC(=O)C(C)(C)CC)c1)C(=O)OC. The Hall–Kier alpha value is -2.94. The summed E-state index contributed by atoms with van der Waals surface area (Å²) in [6.45, 7) is 14.4. The van der Waals surface area contributed by atoms with Crippen LogP contribution in [0.3, 0.4) is 0 Å². The minimum Gasteiger partial charge on any atom is -0.468 e. The fraction of sp³-hybridized carbons (Fsp3) is 0.655. The van der Waals surface area contributed by atoms with Crippen molar-refractivity contribution >= 4 is 23.9 Å². The van der Waals surface area contributed by atoms with Crippen molar-refractivity contribution in [1.82, 2.24) is 0 Å². The molecule has 9 heteroatoms. The molecule has 0 fully saturated rings. The molecule has 0 bridgehead atoms. The molecule has 0 aromatic heterocycles. The molecule has 0 saturated carbocycles. The van der Waals surface area contributed by atoms with Crippen LogP contribution in [0.25, 0.3) is 0 Å². The predicted octanol–water partition coefficient (Wildman–Crippen LogP) is 4.76. The van der Waals surface area contributed by atoms with Crippen molar-refractivity contribution in [3.05, 3.63) is 23.8 Å². The van der Waals surface area contributed by atoms with E-state index in [1.165, 1.54) is 19.2 Å². The van der Waals surface area contributed by atoms with Gasteiger partial charge in [-0.2, -0.15) is 0 Å². The Morgan fingerprint density at radius 2 is 1.39 bits per heavy atom. The van der Waals surface area contributed by atoms with Crippen LogP contribution in [0.1, 0.15) is 86.6 Å². The van der Waals surface area contributed by atoms with Gasteiger partial charge in [-0.3, -0.25) is 19.2 Å². The molecule has 0 heterocycles. The molecule has 0 radical (unpaired) electrons. The van der Waals surface area contributed by atoms with Crippen LogP contribution in [-0.4, -0.2) is 43.1 Å². The predicted molar refractivity (Wildman–Crippen MR) is 144 cm³/mol. The van der Waals surface area contributed by atoms with Crippen LogP contribution in [0.2, 0.25) is 0 Å². The lowest BCUT2D eigenvalue weighted by Crippen LogP contribution is -2.51. The van der Waals surface area contributed by atoms with Crippen LogP contribution in [0, 0.1) is 16.7 Å². The Kier molecular flexibility index (Phi) is 12.0. The van der Waals surface area contributed by atoms with E-state index in [9.17, 15) is 19.2 Å². The van der Waals surface area contributed by atoms with Crippen molar-refractivity contribution in [3.8, 4) is 11.5 Å². The summed E-state index contributed by atoms with van der Waals surface area (Å²) in [5, 5.41) is 0. The molecule has 1 aromatic rings. The summed E-state index contributed by atoms with van der Waals surface area (Å²) < 4.78 is 21.6. The third-order valence-electron chi connectivity index (χ3n) is 7.21. The monoisotopic (exact) mass is 535 g/mol. The number of ether oxygens (including phenoxy) is 4. The van der Waals surface area contributed by atoms with Gasteiger partial charge >= 0.3 is 23.9 Å². The van der Waals surface area contributed by atoms with E-state index >= 15 is 0 Å². The number of hydrogen-bond donors (Lipinski definition) is 1. The molecule has 2 N–H and O–H groups in total. The Bertz CT molecular complexity index is 1000. The van der Waals surface area contributed by atoms with Crippen LogP contribution in [0.4, 0.5) is 0 Å². The maximum atomic E-state index is 12.9. The van der Waals surface area contributed by atoms with Crippen molar-refractivity contribution in [2.75, 3.05) is 13.7 Å². The Morgan fingerprint density at radius 1 is 0.868 bits per heavy atom. The maximum Gasteiger partial charge on any atom is 0.326 e. The third-order valence-corrected chi connectivity index (χ3v) is 7.21. The van der Waals surface area contributed by atoms with E-state index < -0.39 is 34.3 Å². The van der Waals surface area contributed by atoms with Crippen LogP contribution < -0.4 is 15.2 Å². The molecule has 0 aliphatic heterocycles. The van der Waals surface area contributed by atoms with E-state index in [1.54, 1.807) is 40.7 Å². The molecule has 1 rings (SSSR count). The summed E-state index contributed by atoms with van der Waals surface area (Å²) in [7, 11) is 1.23. The zero-order valence-corrected chi connectivity index (χ0v) is 24.4. The third kappa shape index (κ3) is 8.82. The molecule has 1 aromatic carbocycles. The van der Waals surface area contributed by atoms with Crippen LogP contribution in [-0.2, 0) is 35.1 Å². The molecule has 38 heavy (non-hydrogen) atoms. The molecular weight excluding hydrogens is 490 g/mol. The van der Waals surface area contributed by atoms with E-state index in [0.717, 1.165) is 0 Å². The molecular formula is C29H45NO8. The van der Waals surface area contributed by atoms with Gasteiger partial charge in [-0.15, -0.1) is 0 Å². The highest BCUT2D eigenvalue weighted by Crippen LogP contribution is 2.35. The van der Waals surface area contributed by atoms with E-state index in [-0.39, 0.29) is 42.8 Å². The van der Waals surface area contributed by atoms with Crippen LogP contribution >= 0.6 is 0 Å². The average Bonchev–Trinajstić information content (AvgIpc) is 2.88. The summed E-state index contributed by atoms with van der Waals surface area (Å²) in [4.78, 5) is 50.3. The number of esters is 4. The summed E-state index contributed by atoms with van der Waals surface area (Å²) in [6, 6.07) is 4.68. The van der Waals surface area contributed by atoms with Gasteiger partial charge in [0, 0.05) is 12.8 Å². The minimum atomic E-state index is -1.52. The Morgan fingerprint density at radius 3 is 1.87 bits per heavy atom. The first-order chi connectivity index (χ1) is 17.6. The summed E-state index contributed by atoms with van der Waals surface area (Å²) in [5.74, 6) is -2.14. The highest BCUT2D eigenvalue weighted by molar-refractivity contribution is 5.82.